The monoisotopic (exact) mass is 234 g/mol. The largest absolute Gasteiger partial charge is 0.318 e. The van der Waals surface area contributed by atoms with Crippen molar-refractivity contribution in [3.63, 3.8) is 0 Å². The average molecular weight is 234 g/mol. The van der Waals surface area contributed by atoms with Crippen LogP contribution < -0.4 is 5.32 Å². The predicted molar refractivity (Wildman–Crippen MR) is 75.3 cm³/mol. The Morgan fingerprint density at radius 2 is 1.88 bits per heavy atom. The van der Waals surface area contributed by atoms with E-state index in [1.54, 1.807) is 0 Å². The van der Waals surface area contributed by atoms with Gasteiger partial charge in [0.1, 0.15) is 0 Å². The lowest BCUT2D eigenvalue weighted by atomic mass is 10.1. The van der Waals surface area contributed by atoms with Gasteiger partial charge in [0.15, 0.2) is 0 Å². The van der Waals surface area contributed by atoms with Gasteiger partial charge in [-0.05, 0) is 33.0 Å². The van der Waals surface area contributed by atoms with Crippen LogP contribution in [0.4, 0.5) is 0 Å². The predicted octanol–water partition coefficient (Wildman–Crippen LogP) is 2.81. The minimum Gasteiger partial charge on any atom is -0.318 e. The van der Waals surface area contributed by atoms with Crippen LogP contribution in [0.25, 0.3) is 0 Å². The van der Waals surface area contributed by atoms with Crippen molar-refractivity contribution in [2.75, 3.05) is 20.6 Å². The Kier molecular flexibility index (Phi) is 6.23. The maximum Gasteiger partial charge on any atom is 0.0234 e. The molecule has 0 amide bonds. The summed E-state index contributed by atoms with van der Waals surface area (Å²) in [5.41, 5.74) is 2.73. The number of likely N-dealkylation sites (N-methyl/N-ethyl adjacent to an activating group) is 2. The zero-order valence-electron chi connectivity index (χ0n) is 11.7. The van der Waals surface area contributed by atoms with Crippen LogP contribution in [-0.2, 0) is 6.54 Å². The van der Waals surface area contributed by atoms with E-state index >= 15 is 0 Å². The number of hydrogen-bond acceptors (Lipinski definition) is 2. The molecule has 0 aromatic heterocycles. The number of nitrogens with one attached hydrogen (secondary N) is 1. The van der Waals surface area contributed by atoms with Crippen molar-refractivity contribution in [1.82, 2.24) is 10.2 Å². The van der Waals surface area contributed by atoms with E-state index in [9.17, 15) is 0 Å². The summed E-state index contributed by atoms with van der Waals surface area (Å²) < 4.78 is 0. The van der Waals surface area contributed by atoms with Gasteiger partial charge in [-0.15, -0.1) is 0 Å². The van der Waals surface area contributed by atoms with Gasteiger partial charge in [0.2, 0.25) is 0 Å². The minimum absolute atomic E-state index is 0.631. The Hall–Kier alpha value is -0.860. The molecule has 2 heteroatoms. The highest BCUT2D eigenvalue weighted by Crippen LogP contribution is 2.10. The van der Waals surface area contributed by atoms with E-state index < -0.39 is 0 Å². The lowest BCUT2D eigenvalue weighted by molar-refractivity contribution is 0.218. The van der Waals surface area contributed by atoms with E-state index in [-0.39, 0.29) is 0 Å². The molecule has 0 saturated heterocycles. The summed E-state index contributed by atoms with van der Waals surface area (Å²) in [6.07, 6.45) is 2.49. The van der Waals surface area contributed by atoms with Gasteiger partial charge in [0.25, 0.3) is 0 Å². The summed E-state index contributed by atoms with van der Waals surface area (Å²) in [4.78, 5) is 2.45. The first-order valence-electron chi connectivity index (χ1n) is 6.57. The SMILES string of the molecule is CCCC(CNC)N(C)Cc1ccc(C)cc1. The fourth-order valence-corrected chi connectivity index (χ4v) is 2.16. The van der Waals surface area contributed by atoms with E-state index in [1.165, 1.54) is 24.0 Å². The second-order valence-electron chi connectivity index (χ2n) is 4.90. The van der Waals surface area contributed by atoms with E-state index in [2.05, 4.69) is 55.4 Å². The minimum atomic E-state index is 0.631. The zero-order chi connectivity index (χ0) is 12.7. The third kappa shape index (κ3) is 4.88. The maximum atomic E-state index is 3.29. The molecule has 1 atom stereocenters. The van der Waals surface area contributed by atoms with Crippen molar-refractivity contribution in [3.8, 4) is 0 Å². The highest BCUT2D eigenvalue weighted by molar-refractivity contribution is 5.21. The van der Waals surface area contributed by atoms with Gasteiger partial charge in [0.05, 0.1) is 0 Å². The molecular formula is C15H26N2. The first kappa shape index (κ1) is 14.2. The van der Waals surface area contributed by atoms with E-state index in [0.717, 1.165) is 13.1 Å². The van der Waals surface area contributed by atoms with Crippen molar-refractivity contribution in [1.29, 1.82) is 0 Å². The van der Waals surface area contributed by atoms with Crippen molar-refractivity contribution in [3.05, 3.63) is 35.4 Å². The average Bonchev–Trinajstić information content (AvgIpc) is 2.32. The molecule has 0 saturated carbocycles. The van der Waals surface area contributed by atoms with E-state index in [0.29, 0.717) is 6.04 Å². The Morgan fingerprint density at radius 3 is 2.41 bits per heavy atom. The maximum absolute atomic E-state index is 3.29. The van der Waals surface area contributed by atoms with Crippen molar-refractivity contribution in [2.45, 2.75) is 39.3 Å². The Labute approximate surface area is 106 Å². The highest BCUT2D eigenvalue weighted by Gasteiger charge is 2.12. The summed E-state index contributed by atoms with van der Waals surface area (Å²) in [6, 6.07) is 9.47. The van der Waals surface area contributed by atoms with Crippen LogP contribution in [0.1, 0.15) is 30.9 Å². The molecule has 1 rings (SSSR count). The molecule has 0 heterocycles. The van der Waals surface area contributed by atoms with Crippen molar-refractivity contribution < 1.29 is 0 Å². The third-order valence-electron chi connectivity index (χ3n) is 3.24. The highest BCUT2D eigenvalue weighted by atomic mass is 15.1. The van der Waals surface area contributed by atoms with Crippen molar-refractivity contribution >= 4 is 0 Å². The molecule has 1 aromatic rings. The van der Waals surface area contributed by atoms with Crippen LogP contribution in [0.3, 0.4) is 0 Å². The summed E-state index contributed by atoms with van der Waals surface area (Å²) in [7, 11) is 4.25. The molecule has 0 fully saturated rings. The molecule has 0 bridgehead atoms. The quantitative estimate of drug-likeness (QED) is 0.780. The molecule has 0 radical (unpaired) electrons. The lowest BCUT2D eigenvalue weighted by Gasteiger charge is -2.27. The van der Waals surface area contributed by atoms with Crippen LogP contribution in [0.5, 0.6) is 0 Å². The van der Waals surface area contributed by atoms with E-state index in [4.69, 9.17) is 0 Å². The van der Waals surface area contributed by atoms with Gasteiger partial charge in [-0.3, -0.25) is 4.90 Å². The fraction of sp³-hybridized carbons (Fsp3) is 0.600. The van der Waals surface area contributed by atoms with Gasteiger partial charge in [0, 0.05) is 19.1 Å². The molecule has 1 aromatic carbocycles. The van der Waals surface area contributed by atoms with Crippen molar-refractivity contribution in [2.24, 2.45) is 0 Å². The van der Waals surface area contributed by atoms with Gasteiger partial charge in [-0.1, -0.05) is 43.2 Å². The molecular weight excluding hydrogens is 208 g/mol. The Morgan fingerprint density at radius 1 is 1.24 bits per heavy atom. The van der Waals surface area contributed by atoms with Gasteiger partial charge >= 0.3 is 0 Å². The van der Waals surface area contributed by atoms with Crippen LogP contribution >= 0.6 is 0 Å². The molecule has 0 aliphatic carbocycles. The van der Waals surface area contributed by atoms with Crippen LogP contribution in [-0.4, -0.2) is 31.6 Å². The molecule has 0 aliphatic rings. The Balaban J connectivity index is 2.55. The molecule has 96 valence electrons. The molecule has 17 heavy (non-hydrogen) atoms. The normalized spacial score (nSPS) is 13.0. The van der Waals surface area contributed by atoms with Crippen LogP contribution in [0.2, 0.25) is 0 Å². The van der Waals surface area contributed by atoms with E-state index in [1.807, 2.05) is 7.05 Å². The molecule has 1 N–H and O–H groups in total. The summed E-state index contributed by atoms with van der Waals surface area (Å²) in [5.74, 6) is 0. The zero-order valence-corrected chi connectivity index (χ0v) is 11.7. The topological polar surface area (TPSA) is 15.3 Å². The smallest absolute Gasteiger partial charge is 0.0234 e. The molecule has 2 nitrogen and oxygen atoms in total. The van der Waals surface area contributed by atoms with Gasteiger partial charge in [-0.2, -0.15) is 0 Å². The molecule has 1 unspecified atom stereocenters. The second-order valence-corrected chi connectivity index (χ2v) is 4.90. The summed E-state index contributed by atoms with van der Waals surface area (Å²) in [5, 5.41) is 3.29. The second kappa shape index (κ2) is 7.46. The molecule has 0 spiro atoms. The number of aryl methyl sites for hydroxylation is 1. The standard InChI is InChI=1S/C15H26N2/c1-5-6-15(11-16-3)17(4)12-14-9-7-13(2)8-10-14/h7-10,15-16H,5-6,11-12H2,1-4H3. The third-order valence-corrected chi connectivity index (χ3v) is 3.24. The number of rotatable bonds is 7. The number of nitrogens with zero attached hydrogens (tertiary/aromatic N) is 1. The first-order chi connectivity index (χ1) is 8.17. The number of benzene rings is 1. The number of hydrogen-bond donors (Lipinski definition) is 1. The fourth-order valence-electron chi connectivity index (χ4n) is 2.16. The lowest BCUT2D eigenvalue weighted by Crippen LogP contribution is -2.38. The first-order valence-corrected chi connectivity index (χ1v) is 6.57. The summed E-state index contributed by atoms with van der Waals surface area (Å²) >= 11 is 0. The molecule has 0 aliphatic heterocycles. The van der Waals surface area contributed by atoms with Gasteiger partial charge < -0.3 is 5.32 Å². The van der Waals surface area contributed by atoms with Crippen LogP contribution in [0.15, 0.2) is 24.3 Å². The Bertz CT molecular complexity index is 299. The van der Waals surface area contributed by atoms with Gasteiger partial charge in [-0.25, -0.2) is 0 Å². The summed E-state index contributed by atoms with van der Waals surface area (Å²) in [6.45, 7) is 6.49. The van der Waals surface area contributed by atoms with Crippen LogP contribution in [0, 0.1) is 6.92 Å².